The summed E-state index contributed by atoms with van der Waals surface area (Å²) in [5, 5.41) is 9.32. The van der Waals surface area contributed by atoms with E-state index in [1.54, 1.807) is 0 Å². The van der Waals surface area contributed by atoms with Crippen LogP contribution in [0.3, 0.4) is 0 Å². The van der Waals surface area contributed by atoms with Crippen LogP contribution in [0.15, 0.2) is 0 Å². The lowest BCUT2D eigenvalue weighted by atomic mass is 10.1. The molecule has 94 valence electrons. The molecule has 1 heterocycles. The highest BCUT2D eigenvalue weighted by Crippen LogP contribution is 2.10. The first-order valence-corrected chi connectivity index (χ1v) is 6.39. The van der Waals surface area contributed by atoms with E-state index in [4.69, 9.17) is 18.0 Å². The third-order valence-electron chi connectivity index (χ3n) is 3.09. The number of aliphatic hydroxyl groups is 1. The van der Waals surface area contributed by atoms with Crippen molar-refractivity contribution in [2.75, 3.05) is 32.7 Å². The molecule has 0 bridgehead atoms. The van der Waals surface area contributed by atoms with Crippen molar-refractivity contribution in [1.29, 1.82) is 0 Å². The van der Waals surface area contributed by atoms with Gasteiger partial charge in [-0.3, -0.25) is 9.80 Å². The van der Waals surface area contributed by atoms with Gasteiger partial charge in [0, 0.05) is 32.7 Å². The Morgan fingerprint density at radius 3 is 2.31 bits per heavy atom. The van der Waals surface area contributed by atoms with Crippen molar-refractivity contribution in [2.24, 2.45) is 5.73 Å². The normalized spacial score (nSPS) is 22.9. The van der Waals surface area contributed by atoms with Gasteiger partial charge in [0.25, 0.3) is 0 Å². The molecule has 0 radical (unpaired) electrons. The molecular formula is C11H23N3OS. The number of aliphatic hydroxyl groups excluding tert-OH is 1. The Bertz CT molecular complexity index is 227. The van der Waals surface area contributed by atoms with Gasteiger partial charge in [0.05, 0.1) is 17.1 Å². The minimum atomic E-state index is -0.246. The smallest absolute Gasteiger partial charge is 0.0901 e. The summed E-state index contributed by atoms with van der Waals surface area (Å²) >= 11 is 5.08. The number of rotatable bonds is 5. The van der Waals surface area contributed by atoms with Crippen LogP contribution in [0.2, 0.25) is 0 Å². The monoisotopic (exact) mass is 245 g/mol. The summed E-state index contributed by atoms with van der Waals surface area (Å²) < 4.78 is 0. The van der Waals surface area contributed by atoms with Crippen molar-refractivity contribution >= 4 is 17.2 Å². The van der Waals surface area contributed by atoms with Gasteiger partial charge in [-0.05, 0) is 13.3 Å². The molecule has 1 rings (SSSR count). The molecule has 4 nitrogen and oxygen atoms in total. The second-order valence-corrected chi connectivity index (χ2v) is 4.98. The Morgan fingerprint density at radius 1 is 1.38 bits per heavy atom. The zero-order chi connectivity index (χ0) is 12.1. The third-order valence-corrected chi connectivity index (χ3v) is 3.36. The molecule has 1 aliphatic heterocycles. The Kier molecular flexibility index (Phi) is 5.61. The van der Waals surface area contributed by atoms with Crippen molar-refractivity contribution in [3.8, 4) is 0 Å². The Labute approximate surface area is 103 Å². The quantitative estimate of drug-likeness (QED) is 0.670. The molecule has 0 spiro atoms. The zero-order valence-electron chi connectivity index (χ0n) is 10.2. The number of hydrogen-bond donors (Lipinski definition) is 2. The molecule has 1 aliphatic rings. The largest absolute Gasteiger partial charge is 0.392 e. The summed E-state index contributed by atoms with van der Waals surface area (Å²) in [6.07, 6.45) is 0.732. The average molecular weight is 245 g/mol. The Hall–Kier alpha value is -0.230. The Balaban J connectivity index is 2.38. The standard InChI is InChI=1S/C11H23N3OS/c1-3-10(11(12)16)14-6-4-13(5-7-14)8-9(2)15/h9-10,15H,3-8H2,1-2H3,(H2,12,16). The summed E-state index contributed by atoms with van der Waals surface area (Å²) in [6, 6.07) is 0.240. The Morgan fingerprint density at radius 2 is 1.94 bits per heavy atom. The van der Waals surface area contributed by atoms with E-state index in [1.165, 1.54) is 0 Å². The molecule has 5 heteroatoms. The van der Waals surface area contributed by atoms with E-state index in [-0.39, 0.29) is 12.1 Å². The van der Waals surface area contributed by atoms with E-state index in [0.29, 0.717) is 4.99 Å². The van der Waals surface area contributed by atoms with Crippen LogP contribution < -0.4 is 5.73 Å². The van der Waals surface area contributed by atoms with Crippen LogP contribution in [0, 0.1) is 0 Å². The van der Waals surface area contributed by atoms with Gasteiger partial charge < -0.3 is 10.8 Å². The van der Waals surface area contributed by atoms with Crippen molar-refractivity contribution in [3.63, 3.8) is 0 Å². The lowest BCUT2D eigenvalue weighted by Gasteiger charge is -2.39. The SMILES string of the molecule is CCC(C(N)=S)N1CCN(CC(C)O)CC1. The predicted molar refractivity (Wildman–Crippen MR) is 70.6 cm³/mol. The molecule has 0 aromatic rings. The maximum Gasteiger partial charge on any atom is 0.0901 e. The molecule has 0 aromatic carbocycles. The number of hydrogen-bond acceptors (Lipinski definition) is 4. The van der Waals surface area contributed by atoms with Gasteiger partial charge >= 0.3 is 0 Å². The zero-order valence-corrected chi connectivity index (χ0v) is 11.0. The third kappa shape index (κ3) is 3.97. The van der Waals surface area contributed by atoms with E-state index >= 15 is 0 Å². The average Bonchev–Trinajstić information content (AvgIpc) is 2.20. The molecular weight excluding hydrogens is 222 g/mol. The summed E-state index contributed by atoms with van der Waals surface area (Å²) in [5.41, 5.74) is 5.73. The number of β-amino-alcohol motifs (C(OH)–C–C–N with tert-alkyl or cyclic N) is 1. The fraction of sp³-hybridized carbons (Fsp3) is 0.909. The fourth-order valence-electron chi connectivity index (χ4n) is 2.27. The van der Waals surface area contributed by atoms with E-state index in [9.17, 15) is 5.11 Å². The molecule has 0 amide bonds. The summed E-state index contributed by atoms with van der Waals surface area (Å²) in [5.74, 6) is 0. The summed E-state index contributed by atoms with van der Waals surface area (Å²) in [6.45, 7) is 8.67. The lowest BCUT2D eigenvalue weighted by molar-refractivity contribution is 0.0732. The van der Waals surface area contributed by atoms with Gasteiger partial charge in [-0.15, -0.1) is 0 Å². The lowest BCUT2D eigenvalue weighted by Crippen LogP contribution is -2.54. The topological polar surface area (TPSA) is 52.7 Å². The van der Waals surface area contributed by atoms with Crippen LogP contribution in [0.1, 0.15) is 20.3 Å². The molecule has 2 unspecified atom stereocenters. The van der Waals surface area contributed by atoms with Crippen molar-refractivity contribution < 1.29 is 5.11 Å². The molecule has 1 fully saturated rings. The van der Waals surface area contributed by atoms with Gasteiger partial charge in [0.2, 0.25) is 0 Å². The highest BCUT2D eigenvalue weighted by molar-refractivity contribution is 7.80. The maximum absolute atomic E-state index is 9.32. The molecule has 0 aromatic heterocycles. The number of piperazine rings is 1. The fourth-order valence-corrected chi connectivity index (χ4v) is 2.59. The second kappa shape index (κ2) is 6.49. The first-order valence-electron chi connectivity index (χ1n) is 5.98. The molecule has 16 heavy (non-hydrogen) atoms. The number of nitrogens with two attached hydrogens (primary N) is 1. The minimum Gasteiger partial charge on any atom is -0.392 e. The highest BCUT2D eigenvalue weighted by Gasteiger charge is 2.24. The molecule has 0 aliphatic carbocycles. The van der Waals surface area contributed by atoms with Gasteiger partial charge in [0.1, 0.15) is 0 Å². The highest BCUT2D eigenvalue weighted by atomic mass is 32.1. The van der Waals surface area contributed by atoms with Crippen LogP contribution in [0.5, 0.6) is 0 Å². The van der Waals surface area contributed by atoms with Gasteiger partial charge in [-0.25, -0.2) is 0 Å². The summed E-state index contributed by atoms with van der Waals surface area (Å²) in [7, 11) is 0. The van der Waals surface area contributed by atoms with Crippen molar-refractivity contribution in [3.05, 3.63) is 0 Å². The van der Waals surface area contributed by atoms with Gasteiger partial charge in [0.15, 0.2) is 0 Å². The van der Waals surface area contributed by atoms with Crippen LogP contribution >= 0.6 is 12.2 Å². The van der Waals surface area contributed by atoms with E-state index in [2.05, 4.69) is 16.7 Å². The number of nitrogens with zero attached hydrogens (tertiary/aromatic N) is 2. The van der Waals surface area contributed by atoms with Crippen LogP contribution in [0.4, 0.5) is 0 Å². The van der Waals surface area contributed by atoms with Crippen molar-refractivity contribution in [2.45, 2.75) is 32.4 Å². The summed E-state index contributed by atoms with van der Waals surface area (Å²) in [4.78, 5) is 5.24. The minimum absolute atomic E-state index is 0.240. The first-order chi connectivity index (χ1) is 7.54. The first kappa shape index (κ1) is 13.8. The van der Waals surface area contributed by atoms with Crippen LogP contribution in [-0.4, -0.2) is 64.8 Å². The molecule has 0 saturated carbocycles. The van der Waals surface area contributed by atoms with Gasteiger partial charge in [-0.1, -0.05) is 19.1 Å². The van der Waals surface area contributed by atoms with E-state index < -0.39 is 0 Å². The second-order valence-electron chi connectivity index (χ2n) is 4.51. The molecule has 1 saturated heterocycles. The predicted octanol–water partition coefficient (Wildman–Crippen LogP) is 0.0495. The van der Waals surface area contributed by atoms with Crippen LogP contribution in [-0.2, 0) is 0 Å². The molecule has 2 atom stereocenters. The van der Waals surface area contributed by atoms with Gasteiger partial charge in [-0.2, -0.15) is 0 Å². The number of thiocarbonyl (C=S) groups is 1. The maximum atomic E-state index is 9.32. The molecule has 3 N–H and O–H groups in total. The van der Waals surface area contributed by atoms with Crippen LogP contribution in [0.25, 0.3) is 0 Å². The van der Waals surface area contributed by atoms with E-state index in [1.807, 2.05) is 6.92 Å². The van der Waals surface area contributed by atoms with E-state index in [0.717, 1.165) is 39.1 Å². The van der Waals surface area contributed by atoms with Crippen molar-refractivity contribution in [1.82, 2.24) is 9.80 Å².